The highest BCUT2D eigenvalue weighted by atomic mass is 16.7. The van der Waals surface area contributed by atoms with Crippen LogP contribution in [0.5, 0.6) is 11.5 Å². The average Bonchev–Trinajstić information content (AvgIpc) is 3.21. The Morgan fingerprint density at radius 2 is 1.92 bits per heavy atom. The number of ether oxygens (including phenoxy) is 2. The van der Waals surface area contributed by atoms with Crippen molar-refractivity contribution >= 4 is 17.5 Å². The van der Waals surface area contributed by atoms with Crippen molar-refractivity contribution < 1.29 is 19.1 Å². The number of amides is 2. The van der Waals surface area contributed by atoms with Crippen LogP contribution in [0, 0.1) is 13.8 Å². The first kappa shape index (κ1) is 16.4. The van der Waals surface area contributed by atoms with Crippen LogP contribution in [-0.4, -0.2) is 18.6 Å². The maximum absolute atomic E-state index is 12.4. The molecule has 0 fully saturated rings. The van der Waals surface area contributed by atoms with Gasteiger partial charge in [-0.1, -0.05) is 18.2 Å². The Morgan fingerprint density at radius 3 is 2.77 bits per heavy atom. The van der Waals surface area contributed by atoms with E-state index in [-0.39, 0.29) is 25.0 Å². The predicted molar refractivity (Wildman–Crippen MR) is 96.3 cm³/mol. The fourth-order valence-electron chi connectivity index (χ4n) is 3.49. The van der Waals surface area contributed by atoms with Crippen LogP contribution >= 0.6 is 0 Å². The summed E-state index contributed by atoms with van der Waals surface area (Å²) in [4.78, 5) is 24.8. The lowest BCUT2D eigenvalue weighted by atomic mass is 9.91. The first-order valence-corrected chi connectivity index (χ1v) is 8.59. The van der Waals surface area contributed by atoms with E-state index in [1.807, 2.05) is 44.2 Å². The number of benzene rings is 2. The van der Waals surface area contributed by atoms with Crippen LogP contribution in [-0.2, 0) is 16.1 Å². The number of nitrogens with one attached hydrogen (secondary N) is 2. The summed E-state index contributed by atoms with van der Waals surface area (Å²) < 4.78 is 10.6. The molecule has 6 nitrogen and oxygen atoms in total. The van der Waals surface area contributed by atoms with Crippen molar-refractivity contribution in [3.8, 4) is 11.5 Å². The van der Waals surface area contributed by atoms with Crippen molar-refractivity contribution in [3.05, 3.63) is 52.6 Å². The molecule has 26 heavy (non-hydrogen) atoms. The van der Waals surface area contributed by atoms with Gasteiger partial charge in [0, 0.05) is 18.7 Å². The molecule has 0 saturated carbocycles. The highest BCUT2D eigenvalue weighted by Gasteiger charge is 2.34. The van der Waals surface area contributed by atoms with Gasteiger partial charge in [-0.05, 0) is 48.2 Å². The third-order valence-corrected chi connectivity index (χ3v) is 4.90. The number of rotatable bonds is 4. The zero-order valence-corrected chi connectivity index (χ0v) is 14.7. The molecular weight excluding hydrogens is 332 g/mol. The van der Waals surface area contributed by atoms with Gasteiger partial charge in [-0.3, -0.25) is 9.59 Å². The van der Waals surface area contributed by atoms with Crippen LogP contribution < -0.4 is 20.1 Å². The average molecular weight is 352 g/mol. The molecule has 0 saturated heterocycles. The maximum atomic E-state index is 12.4. The van der Waals surface area contributed by atoms with Gasteiger partial charge in [0.25, 0.3) is 0 Å². The molecule has 0 bridgehead atoms. The smallest absolute Gasteiger partial charge is 0.232 e. The maximum Gasteiger partial charge on any atom is 0.232 e. The Labute approximate surface area is 151 Å². The molecule has 2 amide bonds. The van der Waals surface area contributed by atoms with Crippen molar-refractivity contribution in [1.82, 2.24) is 5.32 Å². The van der Waals surface area contributed by atoms with Gasteiger partial charge >= 0.3 is 0 Å². The predicted octanol–water partition coefficient (Wildman–Crippen LogP) is 2.77. The lowest BCUT2D eigenvalue weighted by molar-refractivity contribution is -0.125. The first-order valence-electron chi connectivity index (χ1n) is 8.59. The van der Waals surface area contributed by atoms with E-state index in [9.17, 15) is 9.59 Å². The summed E-state index contributed by atoms with van der Waals surface area (Å²) in [6, 6.07) is 9.55. The Kier molecular flexibility index (Phi) is 4.03. The zero-order valence-electron chi connectivity index (χ0n) is 14.7. The van der Waals surface area contributed by atoms with Crippen molar-refractivity contribution in [2.75, 3.05) is 12.1 Å². The molecule has 2 aromatic rings. The molecule has 2 aliphatic rings. The van der Waals surface area contributed by atoms with Gasteiger partial charge in [0.05, 0.1) is 5.92 Å². The summed E-state index contributed by atoms with van der Waals surface area (Å²) in [6.07, 6.45) is 0.133. The molecule has 0 radical (unpaired) electrons. The molecule has 0 aromatic heterocycles. The molecule has 1 unspecified atom stereocenters. The zero-order chi connectivity index (χ0) is 18.3. The van der Waals surface area contributed by atoms with E-state index < -0.39 is 5.92 Å². The summed E-state index contributed by atoms with van der Waals surface area (Å²) in [6.45, 7) is 4.53. The Balaban J connectivity index is 1.43. The van der Waals surface area contributed by atoms with E-state index in [1.165, 1.54) is 0 Å². The topological polar surface area (TPSA) is 76.7 Å². The van der Waals surface area contributed by atoms with E-state index in [1.54, 1.807) is 0 Å². The van der Waals surface area contributed by atoms with Gasteiger partial charge in [-0.25, -0.2) is 0 Å². The second-order valence-corrected chi connectivity index (χ2v) is 6.70. The summed E-state index contributed by atoms with van der Waals surface area (Å²) >= 11 is 0. The molecule has 6 heteroatoms. The highest BCUT2D eigenvalue weighted by Crippen LogP contribution is 2.39. The molecule has 0 spiro atoms. The number of carbonyl (C=O) groups is 2. The lowest BCUT2D eigenvalue weighted by Gasteiger charge is -2.12. The van der Waals surface area contributed by atoms with E-state index in [0.717, 1.165) is 27.9 Å². The van der Waals surface area contributed by atoms with Crippen LogP contribution in [0.15, 0.2) is 30.3 Å². The second kappa shape index (κ2) is 6.37. The minimum absolute atomic E-state index is 0.115. The van der Waals surface area contributed by atoms with E-state index in [4.69, 9.17) is 9.47 Å². The van der Waals surface area contributed by atoms with Crippen LogP contribution in [0.2, 0.25) is 0 Å². The van der Waals surface area contributed by atoms with Crippen molar-refractivity contribution in [2.45, 2.75) is 32.7 Å². The quantitative estimate of drug-likeness (QED) is 0.887. The number of anilines is 1. The molecular formula is C20H20N2O4. The molecule has 2 heterocycles. The Hall–Kier alpha value is -3.02. The number of hydrogen-bond acceptors (Lipinski definition) is 4. The van der Waals surface area contributed by atoms with Gasteiger partial charge < -0.3 is 20.1 Å². The molecule has 2 N–H and O–H groups in total. The third kappa shape index (κ3) is 2.87. The summed E-state index contributed by atoms with van der Waals surface area (Å²) in [5.74, 6) is 0.686. The van der Waals surface area contributed by atoms with Crippen LogP contribution in [0.3, 0.4) is 0 Å². The van der Waals surface area contributed by atoms with Crippen molar-refractivity contribution in [3.63, 3.8) is 0 Å². The molecule has 0 aliphatic carbocycles. The fraction of sp³-hybridized carbons (Fsp3) is 0.300. The number of hydrogen-bond donors (Lipinski definition) is 2. The van der Waals surface area contributed by atoms with E-state index in [2.05, 4.69) is 10.6 Å². The highest BCUT2D eigenvalue weighted by molar-refractivity contribution is 6.06. The van der Waals surface area contributed by atoms with Crippen molar-refractivity contribution in [1.29, 1.82) is 0 Å². The summed E-state index contributed by atoms with van der Waals surface area (Å²) in [5, 5.41) is 5.80. The Bertz CT molecular complexity index is 907. The second-order valence-electron chi connectivity index (χ2n) is 6.70. The molecule has 1 atom stereocenters. The van der Waals surface area contributed by atoms with Gasteiger partial charge in [0.2, 0.25) is 18.6 Å². The number of fused-ring (bicyclic) bond motifs is 2. The minimum Gasteiger partial charge on any atom is -0.454 e. The monoisotopic (exact) mass is 352 g/mol. The van der Waals surface area contributed by atoms with Crippen molar-refractivity contribution in [2.24, 2.45) is 0 Å². The molecule has 4 rings (SSSR count). The SMILES string of the molecule is Cc1ccc(C)c2c1NC(=O)C2CC(=O)NCc1ccc2c(c1)OCO2. The van der Waals surface area contributed by atoms with Gasteiger partial charge in [-0.2, -0.15) is 0 Å². The van der Waals surface area contributed by atoms with E-state index >= 15 is 0 Å². The van der Waals surface area contributed by atoms with Crippen LogP contribution in [0.25, 0.3) is 0 Å². The summed E-state index contributed by atoms with van der Waals surface area (Å²) in [5.41, 5.74) is 4.75. The van der Waals surface area contributed by atoms with Crippen LogP contribution in [0.4, 0.5) is 5.69 Å². The number of aryl methyl sites for hydroxylation is 2. The standard InChI is InChI=1S/C20H20N2O4/c1-11-3-4-12(2)19-18(11)14(20(24)22-19)8-17(23)21-9-13-5-6-15-16(7-13)26-10-25-15/h3-7,14H,8-10H2,1-2H3,(H,21,23)(H,22,24). The summed E-state index contributed by atoms with van der Waals surface area (Å²) in [7, 11) is 0. The molecule has 2 aliphatic heterocycles. The van der Waals surface area contributed by atoms with E-state index in [0.29, 0.717) is 18.0 Å². The normalized spacial score (nSPS) is 17.0. The first-order chi connectivity index (χ1) is 12.5. The lowest BCUT2D eigenvalue weighted by Crippen LogP contribution is -2.26. The fourth-order valence-corrected chi connectivity index (χ4v) is 3.49. The van der Waals surface area contributed by atoms with Gasteiger partial charge in [-0.15, -0.1) is 0 Å². The van der Waals surface area contributed by atoms with Gasteiger partial charge in [0.15, 0.2) is 11.5 Å². The van der Waals surface area contributed by atoms with Gasteiger partial charge in [0.1, 0.15) is 0 Å². The molecule has 134 valence electrons. The number of carbonyl (C=O) groups excluding carboxylic acids is 2. The van der Waals surface area contributed by atoms with Crippen LogP contribution in [0.1, 0.15) is 34.6 Å². The third-order valence-electron chi connectivity index (χ3n) is 4.90. The minimum atomic E-state index is -0.443. The largest absolute Gasteiger partial charge is 0.454 e. The molecule has 2 aromatic carbocycles. The Morgan fingerprint density at radius 1 is 1.15 bits per heavy atom.